The lowest BCUT2D eigenvalue weighted by atomic mass is 9.96. The molecule has 56 heavy (non-hydrogen) atoms. The van der Waals surface area contributed by atoms with Crippen LogP contribution in [0.25, 0.3) is 33.0 Å². The van der Waals surface area contributed by atoms with E-state index in [1.165, 1.54) is 30.3 Å². The van der Waals surface area contributed by atoms with E-state index in [4.69, 9.17) is 30.9 Å². The lowest BCUT2D eigenvalue weighted by Gasteiger charge is -2.32. The number of aromatic nitrogens is 4. The van der Waals surface area contributed by atoms with E-state index in [9.17, 15) is 14.7 Å². The summed E-state index contributed by atoms with van der Waals surface area (Å²) in [7, 11) is 0. The Morgan fingerprint density at radius 3 is 1.91 bits per heavy atom. The number of anilines is 3. The van der Waals surface area contributed by atoms with E-state index in [0.29, 0.717) is 41.4 Å². The highest BCUT2D eigenvalue weighted by Gasteiger charge is 2.33. The molecule has 2 aromatic heterocycles. The molecule has 0 radical (unpaired) electrons. The van der Waals surface area contributed by atoms with E-state index in [1.54, 1.807) is 18.5 Å². The molecule has 0 aliphatic carbocycles. The number of hydrogen-bond donors (Lipinski definition) is 2. The molecule has 2 fully saturated rings. The highest BCUT2D eigenvalue weighted by atomic mass is 127. The van der Waals surface area contributed by atoms with E-state index in [-0.39, 0.29) is 57.2 Å². The molecule has 7 rings (SSSR count). The number of azide groups is 1. The van der Waals surface area contributed by atoms with Gasteiger partial charge >= 0.3 is 0 Å². The van der Waals surface area contributed by atoms with Gasteiger partial charge in [-0.3, -0.25) is 9.69 Å². The van der Waals surface area contributed by atoms with Crippen molar-refractivity contribution >= 4 is 45.8 Å². The maximum Gasteiger partial charge on any atom is 0.261 e. The van der Waals surface area contributed by atoms with Gasteiger partial charge in [0.1, 0.15) is 40.5 Å². The summed E-state index contributed by atoms with van der Waals surface area (Å²) in [5, 5.41) is 3.69. The minimum absolute atomic E-state index is 0.0711. The summed E-state index contributed by atoms with van der Waals surface area (Å²) < 4.78 is 59.2. The second-order valence-electron chi connectivity index (χ2n) is 13.5. The fourth-order valence-electron chi connectivity index (χ4n) is 7.08. The molecule has 1 unspecified atom stereocenters. The van der Waals surface area contributed by atoms with Gasteiger partial charge in [0.05, 0.1) is 47.6 Å². The molecule has 2 aliphatic rings. The van der Waals surface area contributed by atoms with Crippen LogP contribution in [-0.2, 0) is 9.47 Å². The first-order chi connectivity index (χ1) is 27.1. The van der Waals surface area contributed by atoms with Gasteiger partial charge in [0.25, 0.3) is 5.91 Å². The third-order valence-corrected chi connectivity index (χ3v) is 10.6. The number of hydrogen-bond acceptors (Lipinski definition) is 10. The van der Waals surface area contributed by atoms with Crippen molar-refractivity contribution in [2.24, 2.45) is 5.11 Å². The fourth-order valence-corrected chi connectivity index (χ4v) is 7.74. The van der Waals surface area contributed by atoms with Gasteiger partial charge < -0.3 is 20.9 Å². The van der Waals surface area contributed by atoms with E-state index in [0.717, 1.165) is 48.8 Å². The van der Waals surface area contributed by atoms with Gasteiger partial charge in [0, 0.05) is 57.9 Å². The summed E-state index contributed by atoms with van der Waals surface area (Å²) in [4.78, 5) is 36.5. The Balaban J connectivity index is 1.30. The first-order valence-electron chi connectivity index (χ1n) is 17.9. The highest BCUT2D eigenvalue weighted by molar-refractivity contribution is 14.1. The van der Waals surface area contributed by atoms with Gasteiger partial charge in [0.15, 0.2) is 0 Å². The summed E-state index contributed by atoms with van der Waals surface area (Å²) >= 11 is 1.90. The summed E-state index contributed by atoms with van der Waals surface area (Å²) in [5.41, 5.74) is 23.6. The van der Waals surface area contributed by atoms with E-state index < -0.39 is 41.5 Å². The van der Waals surface area contributed by atoms with Crippen LogP contribution in [0.5, 0.6) is 0 Å². The zero-order valence-electron chi connectivity index (χ0n) is 29.9. The van der Waals surface area contributed by atoms with Crippen LogP contribution in [0.15, 0.2) is 72.1 Å². The Labute approximate surface area is 333 Å². The molecule has 3 aromatic carbocycles. The number of ether oxygens (including phenoxy) is 2. The van der Waals surface area contributed by atoms with Crippen molar-refractivity contribution < 1.29 is 27.4 Å². The maximum atomic E-state index is 16.6. The Hall–Kier alpha value is -5.36. The average molecular weight is 877 g/mol. The Kier molecular flexibility index (Phi) is 11.9. The van der Waals surface area contributed by atoms with Crippen molar-refractivity contribution in [1.29, 1.82) is 0 Å². The number of benzene rings is 3. The van der Waals surface area contributed by atoms with Gasteiger partial charge in [-0.2, -0.15) is 0 Å². The number of amides is 1. The predicted molar refractivity (Wildman–Crippen MR) is 212 cm³/mol. The molecule has 17 heteroatoms. The van der Waals surface area contributed by atoms with Gasteiger partial charge in [-0.15, -0.1) is 0 Å². The number of halogens is 4. The van der Waals surface area contributed by atoms with Gasteiger partial charge in [-0.1, -0.05) is 17.2 Å². The Bertz CT molecular complexity index is 2300. The molecule has 4 N–H and O–H groups in total. The van der Waals surface area contributed by atoms with Crippen molar-refractivity contribution in [3.05, 3.63) is 121 Å². The number of nitrogen functional groups attached to an aromatic ring is 2. The zero-order chi connectivity index (χ0) is 39.3. The van der Waals surface area contributed by atoms with Crippen LogP contribution in [0.2, 0.25) is 0 Å². The lowest BCUT2D eigenvalue weighted by Crippen LogP contribution is -2.38. The minimum atomic E-state index is -1.28. The minimum Gasteiger partial charge on any atom is -0.382 e. The second-order valence-corrected chi connectivity index (χ2v) is 14.7. The Morgan fingerprint density at radius 1 is 0.839 bits per heavy atom. The van der Waals surface area contributed by atoms with Crippen LogP contribution in [0.1, 0.15) is 70.9 Å². The van der Waals surface area contributed by atoms with Crippen molar-refractivity contribution in [1.82, 2.24) is 19.9 Å². The number of nitrogens with zero attached hydrogens (tertiary/aromatic N) is 8. The predicted octanol–water partition coefficient (Wildman–Crippen LogP) is 8.27. The molecule has 1 atom stereocenters. The summed E-state index contributed by atoms with van der Waals surface area (Å²) in [6, 6.07) is 10.5. The molecular formula is C39H36F3IN10O3. The van der Waals surface area contributed by atoms with Gasteiger partial charge in [-0.05, 0) is 102 Å². The Morgan fingerprint density at radius 2 is 1.39 bits per heavy atom. The number of carbonyl (C=O) groups is 1. The first kappa shape index (κ1) is 38.9. The average Bonchev–Trinajstić information content (AvgIpc) is 3.20. The van der Waals surface area contributed by atoms with Crippen LogP contribution in [0.4, 0.5) is 30.5 Å². The summed E-state index contributed by atoms with van der Waals surface area (Å²) in [5.74, 6) is -3.18. The molecule has 288 valence electrons. The summed E-state index contributed by atoms with van der Waals surface area (Å²) in [6.07, 6.45) is 6.19. The second kappa shape index (κ2) is 17.2. The molecular weight excluding hydrogens is 840 g/mol. The van der Waals surface area contributed by atoms with Crippen LogP contribution < -0.4 is 16.4 Å². The first-order valence-corrected chi connectivity index (χ1v) is 19.0. The van der Waals surface area contributed by atoms with E-state index in [1.807, 2.05) is 22.6 Å². The molecule has 13 nitrogen and oxygen atoms in total. The molecule has 2 aliphatic heterocycles. The van der Waals surface area contributed by atoms with Crippen molar-refractivity contribution in [2.75, 3.05) is 49.3 Å². The number of rotatable bonds is 10. The van der Waals surface area contributed by atoms with Crippen molar-refractivity contribution in [3.63, 3.8) is 0 Å². The monoisotopic (exact) mass is 876 g/mol. The maximum absolute atomic E-state index is 16.6. The standard InChI is InChI=1S/C39H36F3IN10O3/c40-26-13-25(14-27(43)17-26)34(20-49-52-46)53(33-4-2-24(16-30(33)42)36-38(45)48-19-32(51-36)22-7-11-56-12-8-22)39(54)28-3-1-23(15-29(28)41)35-37(44)47-18-31(50-35)21-5-9-55-10-6-21/h1-4,13-19,21-22,34H,5-12,20H2,(H2,44,47)(H2,45,48). The molecule has 2 saturated heterocycles. The molecule has 4 heterocycles. The van der Waals surface area contributed by atoms with Crippen LogP contribution in [0.3, 0.4) is 0 Å². The highest BCUT2D eigenvalue weighted by Crippen LogP contribution is 2.37. The normalized spacial score (nSPS) is 15.6. The molecule has 0 spiro atoms. The van der Waals surface area contributed by atoms with Crippen molar-refractivity contribution in [3.8, 4) is 22.5 Å². The number of nitrogens with two attached hydrogens (primary N) is 2. The van der Waals surface area contributed by atoms with Crippen molar-refractivity contribution in [2.45, 2.75) is 43.6 Å². The zero-order valence-corrected chi connectivity index (χ0v) is 32.1. The third kappa shape index (κ3) is 8.40. The summed E-state index contributed by atoms with van der Waals surface area (Å²) in [6.45, 7) is 1.88. The molecule has 5 aromatic rings. The SMILES string of the molecule is [N-]=[N+]=NCC(c1cc(F)cc(I)c1)N(C(=O)c1ccc(-c2nc(C3CCOCC3)cnc2N)cc1F)c1ccc(-c2nc(C3CCOCC3)cnc2N)cc1F. The smallest absolute Gasteiger partial charge is 0.261 e. The van der Waals surface area contributed by atoms with E-state index >= 15 is 8.78 Å². The largest absolute Gasteiger partial charge is 0.382 e. The molecule has 1 amide bonds. The lowest BCUT2D eigenvalue weighted by molar-refractivity contribution is 0.0843. The van der Waals surface area contributed by atoms with Crippen LogP contribution in [-0.4, -0.2) is 58.8 Å². The topological polar surface area (TPSA) is 191 Å². The van der Waals surface area contributed by atoms with Crippen LogP contribution >= 0.6 is 22.6 Å². The van der Waals surface area contributed by atoms with E-state index in [2.05, 4.69) is 20.0 Å². The fraction of sp³-hybridized carbons (Fsp3) is 0.308. The third-order valence-electron chi connectivity index (χ3n) is 9.99. The quantitative estimate of drug-likeness (QED) is 0.0602. The van der Waals surface area contributed by atoms with Gasteiger partial charge in [0.2, 0.25) is 0 Å². The van der Waals surface area contributed by atoms with Gasteiger partial charge in [-0.25, -0.2) is 33.1 Å². The van der Waals surface area contributed by atoms with Crippen LogP contribution in [0, 0.1) is 21.0 Å². The molecule has 0 bridgehead atoms. The molecule has 0 saturated carbocycles. The number of carbonyl (C=O) groups excluding carboxylic acids is 1.